The van der Waals surface area contributed by atoms with Crippen LogP contribution in [0.1, 0.15) is 81.1 Å². The van der Waals surface area contributed by atoms with E-state index in [9.17, 15) is 4.79 Å². The molecule has 0 amide bonds. The van der Waals surface area contributed by atoms with Crippen molar-refractivity contribution in [2.24, 2.45) is 64.1 Å². The van der Waals surface area contributed by atoms with Gasteiger partial charge in [-0.15, -0.1) is 0 Å². The second-order valence-corrected chi connectivity index (χ2v) is 11.4. The Morgan fingerprint density at radius 1 is 0.889 bits per heavy atom. The Balaban J connectivity index is 0.000000201. The maximum atomic E-state index is 10.8. The molecule has 4 bridgehead atoms. The molecular weight excluding hydrogens is 332 g/mol. The first kappa shape index (κ1) is 21.2. The largest absolute Gasteiger partial charge is 0.469 e. The van der Waals surface area contributed by atoms with E-state index in [-0.39, 0.29) is 11.9 Å². The molecule has 4 rings (SSSR count). The van der Waals surface area contributed by atoms with Gasteiger partial charge in [-0.2, -0.15) is 0 Å². The second-order valence-electron chi connectivity index (χ2n) is 11.4. The van der Waals surface area contributed by atoms with Gasteiger partial charge in [0.15, 0.2) is 0 Å². The van der Waals surface area contributed by atoms with Gasteiger partial charge < -0.3 is 4.74 Å². The predicted octanol–water partition coefficient (Wildman–Crippen LogP) is 6.44. The highest BCUT2D eigenvalue weighted by molar-refractivity contribution is 5.72. The van der Waals surface area contributed by atoms with Crippen LogP contribution < -0.4 is 0 Å². The average Bonchev–Trinajstić information content (AvgIpc) is 3.30. The lowest BCUT2D eigenvalue weighted by molar-refractivity contribution is -0.145. The normalized spacial score (nSPS) is 44.8. The Labute approximate surface area is 168 Å². The van der Waals surface area contributed by atoms with Gasteiger partial charge in [0.2, 0.25) is 0 Å². The van der Waals surface area contributed by atoms with E-state index in [0.29, 0.717) is 10.8 Å². The molecule has 0 aromatic carbocycles. The van der Waals surface area contributed by atoms with Crippen molar-refractivity contribution in [3.05, 3.63) is 0 Å². The quantitative estimate of drug-likeness (QED) is 0.418. The number of hydrogen-bond donors (Lipinski definition) is 0. The lowest BCUT2D eigenvalue weighted by Crippen LogP contribution is -2.50. The van der Waals surface area contributed by atoms with Crippen LogP contribution in [0.2, 0.25) is 0 Å². The summed E-state index contributed by atoms with van der Waals surface area (Å²) in [6.07, 6.45) is 4.89. The van der Waals surface area contributed by atoms with Crippen molar-refractivity contribution >= 4 is 5.97 Å². The highest BCUT2D eigenvalue weighted by Crippen LogP contribution is 2.78. The van der Waals surface area contributed by atoms with Crippen LogP contribution in [0.15, 0.2) is 0 Å². The predicted molar refractivity (Wildman–Crippen MR) is 112 cm³/mol. The van der Waals surface area contributed by atoms with Crippen LogP contribution in [-0.4, -0.2) is 13.1 Å². The molecule has 2 nitrogen and oxygen atoms in total. The van der Waals surface area contributed by atoms with Crippen molar-refractivity contribution in [2.75, 3.05) is 7.11 Å². The number of ether oxygens (including phenoxy) is 1. The molecule has 0 heterocycles. The molecule has 4 aliphatic rings. The number of rotatable bonds is 3. The van der Waals surface area contributed by atoms with Gasteiger partial charge in [-0.05, 0) is 83.9 Å². The minimum absolute atomic E-state index is 0.0833. The van der Waals surface area contributed by atoms with E-state index in [1.807, 2.05) is 13.8 Å². The molecule has 0 spiro atoms. The van der Waals surface area contributed by atoms with E-state index < -0.39 is 0 Å². The van der Waals surface area contributed by atoms with E-state index in [0.717, 1.165) is 60.2 Å². The molecule has 4 saturated carbocycles. The van der Waals surface area contributed by atoms with Gasteiger partial charge in [-0.3, -0.25) is 4.79 Å². The lowest BCUT2D eigenvalue weighted by atomic mass is 9.50. The zero-order valence-corrected chi connectivity index (χ0v) is 19.3. The molecule has 156 valence electrons. The maximum Gasteiger partial charge on any atom is 0.308 e. The summed E-state index contributed by atoms with van der Waals surface area (Å²) < 4.78 is 4.56. The summed E-state index contributed by atoms with van der Waals surface area (Å²) in [5.41, 5.74) is 1.15. The summed E-state index contributed by atoms with van der Waals surface area (Å²) in [6, 6.07) is 0. The fraction of sp³-hybridized carbons (Fsp3) is 0.960. The van der Waals surface area contributed by atoms with Crippen LogP contribution in [-0.2, 0) is 9.53 Å². The second kappa shape index (κ2) is 7.06. The number of methoxy groups -OCH3 is 1. The topological polar surface area (TPSA) is 26.3 Å². The molecular formula is C25H44O2. The van der Waals surface area contributed by atoms with Gasteiger partial charge >= 0.3 is 5.97 Å². The lowest BCUT2D eigenvalue weighted by Gasteiger charge is -2.55. The minimum atomic E-state index is -0.0833. The average molecular weight is 377 g/mol. The molecule has 8 atom stereocenters. The molecule has 8 unspecified atom stereocenters. The highest BCUT2D eigenvalue weighted by Gasteiger charge is 2.72. The maximum absolute atomic E-state index is 10.8. The van der Waals surface area contributed by atoms with Gasteiger partial charge in [0, 0.05) is 0 Å². The van der Waals surface area contributed by atoms with Crippen LogP contribution >= 0.6 is 0 Å². The molecule has 0 aromatic heterocycles. The first-order chi connectivity index (χ1) is 12.5. The summed E-state index contributed by atoms with van der Waals surface area (Å²) in [4.78, 5) is 10.8. The zero-order valence-electron chi connectivity index (χ0n) is 19.3. The summed E-state index contributed by atoms with van der Waals surface area (Å²) in [6.45, 7) is 19.4. The zero-order chi connectivity index (χ0) is 20.3. The van der Waals surface area contributed by atoms with Gasteiger partial charge in [0.25, 0.3) is 0 Å². The Bertz CT molecular complexity index is 523. The van der Waals surface area contributed by atoms with E-state index in [2.05, 4.69) is 46.3 Å². The molecule has 2 heteroatoms. The SMILES string of the molecule is CC1C(C)C2CC1C1C2C2CC1C(C)(C)C2(C)C.CCC(CC)C(=O)OC. The standard InChI is InChI=1S/C18H30.C7H14O2/c1-9-10(2)12-7-11(9)15-13-8-14(16(12)15)18(5,6)17(13,3)4;1-4-6(5-2)7(8)9-3/h9-16H,7-8H2,1-6H3;6H,4-5H2,1-3H3. The summed E-state index contributed by atoms with van der Waals surface area (Å²) >= 11 is 0. The Morgan fingerprint density at radius 3 is 1.59 bits per heavy atom. The number of fused-ring (bicyclic) bond motifs is 9. The van der Waals surface area contributed by atoms with Crippen LogP contribution in [0.25, 0.3) is 0 Å². The van der Waals surface area contributed by atoms with E-state index in [1.54, 1.807) is 12.8 Å². The third-order valence-corrected chi connectivity index (χ3v) is 10.6. The van der Waals surface area contributed by atoms with Crippen LogP contribution in [0, 0.1) is 64.1 Å². The first-order valence-electron chi connectivity index (χ1n) is 11.6. The Kier molecular flexibility index (Phi) is 5.54. The number of carbonyl (C=O) groups excluding carboxylic acids is 1. The van der Waals surface area contributed by atoms with Crippen LogP contribution in [0.3, 0.4) is 0 Å². The Hall–Kier alpha value is -0.530. The van der Waals surface area contributed by atoms with E-state index in [1.165, 1.54) is 7.11 Å². The van der Waals surface area contributed by atoms with Crippen molar-refractivity contribution in [2.45, 2.75) is 81.1 Å². The summed E-state index contributed by atoms with van der Waals surface area (Å²) in [5.74, 6) is 8.49. The molecule has 0 aromatic rings. The number of carbonyl (C=O) groups is 1. The fourth-order valence-corrected chi connectivity index (χ4v) is 8.13. The molecule has 27 heavy (non-hydrogen) atoms. The molecule has 0 N–H and O–H groups in total. The monoisotopic (exact) mass is 376 g/mol. The van der Waals surface area contributed by atoms with Gasteiger partial charge in [0.1, 0.15) is 0 Å². The van der Waals surface area contributed by atoms with Crippen molar-refractivity contribution in [3.8, 4) is 0 Å². The minimum Gasteiger partial charge on any atom is -0.469 e. The number of hydrogen-bond acceptors (Lipinski definition) is 2. The summed E-state index contributed by atoms with van der Waals surface area (Å²) in [7, 11) is 1.43. The number of esters is 1. The third kappa shape index (κ3) is 2.83. The van der Waals surface area contributed by atoms with Crippen LogP contribution in [0.4, 0.5) is 0 Å². The fourth-order valence-electron chi connectivity index (χ4n) is 8.13. The third-order valence-electron chi connectivity index (χ3n) is 10.6. The van der Waals surface area contributed by atoms with Gasteiger partial charge in [-0.1, -0.05) is 55.4 Å². The highest BCUT2D eigenvalue weighted by atomic mass is 16.5. The summed E-state index contributed by atoms with van der Waals surface area (Å²) in [5, 5.41) is 0. The molecule has 0 saturated heterocycles. The van der Waals surface area contributed by atoms with E-state index >= 15 is 0 Å². The van der Waals surface area contributed by atoms with E-state index in [4.69, 9.17) is 0 Å². The Morgan fingerprint density at radius 2 is 1.30 bits per heavy atom. The first-order valence-corrected chi connectivity index (χ1v) is 11.6. The molecule has 0 radical (unpaired) electrons. The van der Waals surface area contributed by atoms with Crippen molar-refractivity contribution in [1.29, 1.82) is 0 Å². The smallest absolute Gasteiger partial charge is 0.308 e. The van der Waals surface area contributed by atoms with Gasteiger partial charge in [-0.25, -0.2) is 0 Å². The molecule has 4 aliphatic carbocycles. The van der Waals surface area contributed by atoms with Crippen molar-refractivity contribution < 1.29 is 9.53 Å². The molecule has 4 fully saturated rings. The molecule has 0 aliphatic heterocycles. The van der Waals surface area contributed by atoms with Gasteiger partial charge in [0.05, 0.1) is 13.0 Å². The van der Waals surface area contributed by atoms with Crippen molar-refractivity contribution in [3.63, 3.8) is 0 Å². The van der Waals surface area contributed by atoms with Crippen LogP contribution in [0.5, 0.6) is 0 Å². The van der Waals surface area contributed by atoms with Crippen molar-refractivity contribution in [1.82, 2.24) is 0 Å².